The van der Waals surface area contributed by atoms with Gasteiger partial charge in [-0.2, -0.15) is 5.26 Å². The molecule has 0 fully saturated rings. The molecule has 172 valence electrons. The van der Waals surface area contributed by atoms with Crippen molar-refractivity contribution >= 4 is 28.8 Å². The predicted molar refractivity (Wildman–Crippen MR) is 139 cm³/mol. The number of rotatable bonds is 7. The van der Waals surface area contributed by atoms with Crippen LogP contribution in [0.15, 0.2) is 90.1 Å². The summed E-state index contributed by atoms with van der Waals surface area (Å²) < 4.78 is 0. The maximum absolute atomic E-state index is 9.55. The summed E-state index contributed by atoms with van der Waals surface area (Å²) in [5.74, 6) is 1.40. The van der Waals surface area contributed by atoms with Gasteiger partial charge in [0.2, 0.25) is 5.95 Å². The Morgan fingerprint density at radius 2 is 1.86 bits per heavy atom. The number of hydrazine groups is 1. The van der Waals surface area contributed by atoms with E-state index in [-0.39, 0.29) is 0 Å². The number of nitrogens with zero attached hydrogens (tertiary/aromatic N) is 5. The van der Waals surface area contributed by atoms with Gasteiger partial charge in [-0.1, -0.05) is 36.4 Å². The van der Waals surface area contributed by atoms with Gasteiger partial charge in [0.15, 0.2) is 0 Å². The van der Waals surface area contributed by atoms with Crippen molar-refractivity contribution in [1.29, 1.82) is 5.26 Å². The Labute approximate surface area is 204 Å². The molecule has 0 spiro atoms. The van der Waals surface area contributed by atoms with Crippen LogP contribution < -0.4 is 21.1 Å². The summed E-state index contributed by atoms with van der Waals surface area (Å²) in [6.07, 6.45) is 1.72. The van der Waals surface area contributed by atoms with Gasteiger partial charge >= 0.3 is 0 Å². The molecule has 35 heavy (non-hydrogen) atoms. The predicted octanol–water partition coefficient (Wildman–Crippen LogP) is 5.07. The second-order valence-electron chi connectivity index (χ2n) is 8.07. The van der Waals surface area contributed by atoms with Gasteiger partial charge in [-0.05, 0) is 55.0 Å². The summed E-state index contributed by atoms with van der Waals surface area (Å²) in [4.78, 5) is 13.4. The number of nitriles is 1. The fourth-order valence-electron chi connectivity index (χ4n) is 3.76. The maximum Gasteiger partial charge on any atom is 0.227 e. The van der Waals surface area contributed by atoms with Crippen molar-refractivity contribution in [3.05, 3.63) is 96.2 Å². The highest BCUT2D eigenvalue weighted by atomic mass is 15.6. The van der Waals surface area contributed by atoms with Gasteiger partial charge in [0, 0.05) is 24.0 Å². The highest BCUT2D eigenvalue weighted by Gasteiger charge is 2.12. The highest BCUT2D eigenvalue weighted by molar-refractivity contribution is 5.83. The van der Waals surface area contributed by atoms with Crippen molar-refractivity contribution < 1.29 is 0 Å². The first-order valence-electron chi connectivity index (χ1n) is 11.3. The smallest absolute Gasteiger partial charge is 0.227 e. The lowest BCUT2D eigenvalue weighted by Crippen LogP contribution is -2.34. The Hall–Kier alpha value is -4.90. The number of hydrogen-bond donors (Lipinski definition) is 3. The molecule has 0 unspecified atom stereocenters. The van der Waals surface area contributed by atoms with E-state index in [2.05, 4.69) is 37.1 Å². The lowest BCUT2D eigenvalue weighted by Gasteiger charge is -2.18. The van der Waals surface area contributed by atoms with E-state index in [1.807, 2.05) is 90.8 Å². The third kappa shape index (κ3) is 5.20. The number of nitrogens with one attached hydrogen (secondary N) is 3. The highest BCUT2D eigenvalue weighted by Crippen LogP contribution is 2.26. The van der Waals surface area contributed by atoms with Crippen molar-refractivity contribution in [1.82, 2.24) is 15.4 Å². The molecule has 1 aliphatic heterocycles. The maximum atomic E-state index is 9.55. The van der Waals surface area contributed by atoms with E-state index in [0.717, 1.165) is 39.7 Å². The van der Waals surface area contributed by atoms with Gasteiger partial charge in [0.1, 0.15) is 18.6 Å². The molecule has 4 aromatic rings. The Kier molecular flexibility index (Phi) is 6.22. The quantitative estimate of drug-likeness (QED) is 0.354. The zero-order chi connectivity index (χ0) is 24.0. The average molecular weight is 461 g/mol. The first-order chi connectivity index (χ1) is 17.2. The summed E-state index contributed by atoms with van der Waals surface area (Å²) in [6.45, 7) is 3.16. The molecule has 0 radical (unpaired) electrons. The van der Waals surface area contributed by atoms with Crippen LogP contribution in [-0.2, 0) is 6.54 Å². The molecule has 3 aromatic carbocycles. The minimum Gasteiger partial charge on any atom is -0.380 e. The second-order valence-corrected chi connectivity index (χ2v) is 8.07. The summed E-state index contributed by atoms with van der Waals surface area (Å²) in [5, 5.41) is 18.2. The van der Waals surface area contributed by atoms with Crippen LogP contribution in [0.1, 0.15) is 18.1 Å². The molecule has 0 saturated heterocycles. The number of benzene rings is 3. The summed E-state index contributed by atoms with van der Waals surface area (Å²) in [6, 6.07) is 27.9. The van der Waals surface area contributed by atoms with Crippen LogP contribution >= 0.6 is 0 Å². The topological polar surface area (TPSA) is 101 Å². The summed E-state index contributed by atoms with van der Waals surface area (Å²) in [5.41, 5.74) is 9.28. The minimum atomic E-state index is 0.497. The van der Waals surface area contributed by atoms with E-state index in [1.54, 1.807) is 6.20 Å². The third-order valence-corrected chi connectivity index (χ3v) is 5.60. The molecular formula is C27H24N8. The molecule has 0 amide bonds. The molecule has 8 nitrogen and oxygen atoms in total. The zero-order valence-corrected chi connectivity index (χ0v) is 19.2. The normalized spacial score (nSPS) is 12.5. The van der Waals surface area contributed by atoms with Crippen molar-refractivity contribution in [3.8, 4) is 17.3 Å². The standard InChI is InChI=1S/C27H24N8/c1-19-31-18-35(34-19)24-11-9-23(10-12-24)32-27-29-14-13-25(33-27)21-7-8-22(16-28)26(15-21)30-17-20-5-3-2-4-6-20/h2-15,30H,17-18H2,1H3,(H,31,34)(H,29,32,33). The van der Waals surface area contributed by atoms with Gasteiger partial charge in [-0.25, -0.2) is 15.0 Å². The van der Waals surface area contributed by atoms with Crippen molar-refractivity contribution in [2.75, 3.05) is 22.3 Å². The van der Waals surface area contributed by atoms with Crippen LogP contribution in [0.25, 0.3) is 11.3 Å². The Morgan fingerprint density at radius 1 is 1.03 bits per heavy atom. The largest absolute Gasteiger partial charge is 0.380 e. The molecule has 8 heteroatoms. The molecule has 0 aliphatic carbocycles. The monoisotopic (exact) mass is 460 g/mol. The molecule has 0 atom stereocenters. The number of aromatic nitrogens is 2. The first-order valence-corrected chi connectivity index (χ1v) is 11.3. The van der Waals surface area contributed by atoms with Crippen molar-refractivity contribution in [2.45, 2.75) is 13.5 Å². The van der Waals surface area contributed by atoms with Crippen LogP contribution in [0.4, 0.5) is 23.0 Å². The molecule has 0 bridgehead atoms. The van der Waals surface area contributed by atoms with Gasteiger partial charge < -0.3 is 10.6 Å². The van der Waals surface area contributed by atoms with Gasteiger partial charge in [-0.3, -0.25) is 10.4 Å². The number of aliphatic imine (C=N–C) groups is 1. The van der Waals surface area contributed by atoms with E-state index in [9.17, 15) is 5.26 Å². The molecule has 5 rings (SSSR count). The van der Waals surface area contributed by atoms with Gasteiger partial charge in [0.25, 0.3) is 0 Å². The lowest BCUT2D eigenvalue weighted by atomic mass is 10.1. The van der Waals surface area contributed by atoms with Crippen LogP contribution in [0.5, 0.6) is 0 Å². The van der Waals surface area contributed by atoms with E-state index >= 15 is 0 Å². The summed E-state index contributed by atoms with van der Waals surface area (Å²) in [7, 11) is 0. The third-order valence-electron chi connectivity index (χ3n) is 5.60. The molecule has 3 N–H and O–H groups in total. The van der Waals surface area contributed by atoms with Crippen LogP contribution in [0.2, 0.25) is 0 Å². The molecular weight excluding hydrogens is 436 g/mol. The molecule has 2 heterocycles. The van der Waals surface area contributed by atoms with Gasteiger partial charge in [-0.15, -0.1) is 0 Å². The lowest BCUT2D eigenvalue weighted by molar-refractivity contribution is 0.840. The Balaban J connectivity index is 1.31. The fraction of sp³-hybridized carbons (Fsp3) is 0.111. The number of amidine groups is 1. The van der Waals surface area contributed by atoms with E-state index in [0.29, 0.717) is 24.7 Å². The summed E-state index contributed by atoms with van der Waals surface area (Å²) >= 11 is 0. The fourth-order valence-corrected chi connectivity index (χ4v) is 3.76. The van der Waals surface area contributed by atoms with Gasteiger partial charge in [0.05, 0.1) is 22.6 Å². The number of anilines is 4. The van der Waals surface area contributed by atoms with E-state index in [4.69, 9.17) is 0 Å². The van der Waals surface area contributed by atoms with Crippen LogP contribution in [0.3, 0.4) is 0 Å². The van der Waals surface area contributed by atoms with Crippen LogP contribution in [0, 0.1) is 11.3 Å². The second kappa shape index (κ2) is 9.93. The molecule has 0 saturated carbocycles. The van der Waals surface area contributed by atoms with E-state index in [1.165, 1.54) is 0 Å². The zero-order valence-electron chi connectivity index (χ0n) is 19.2. The molecule has 1 aliphatic rings. The molecule has 1 aromatic heterocycles. The van der Waals surface area contributed by atoms with Crippen molar-refractivity contribution in [3.63, 3.8) is 0 Å². The van der Waals surface area contributed by atoms with E-state index < -0.39 is 0 Å². The average Bonchev–Trinajstić information content (AvgIpc) is 3.34. The number of hydrogen-bond acceptors (Lipinski definition) is 8. The first kappa shape index (κ1) is 21.9. The minimum absolute atomic E-state index is 0.497. The Morgan fingerprint density at radius 3 is 2.60 bits per heavy atom. The Bertz CT molecular complexity index is 1390. The SMILES string of the molecule is CC1=NCN(c2ccc(Nc3nccc(-c4ccc(C#N)c(NCc5ccccc5)c4)n3)cc2)N1. The van der Waals surface area contributed by atoms with Crippen LogP contribution in [-0.4, -0.2) is 22.5 Å². The van der Waals surface area contributed by atoms with Crippen molar-refractivity contribution in [2.24, 2.45) is 4.99 Å².